The van der Waals surface area contributed by atoms with Gasteiger partial charge in [-0.05, 0) is 41.5 Å². The van der Waals surface area contributed by atoms with Crippen LogP contribution in [0.2, 0.25) is 0 Å². The Balaban J connectivity index is 2.79. The van der Waals surface area contributed by atoms with Crippen LogP contribution in [0, 0.1) is 0 Å². The summed E-state index contributed by atoms with van der Waals surface area (Å²) < 4.78 is 0. The highest BCUT2D eigenvalue weighted by Gasteiger charge is 2.37. The molecule has 0 aromatic rings. The number of hydrogen-bond donors (Lipinski definition) is 0. The van der Waals surface area contributed by atoms with Crippen LogP contribution in [0.3, 0.4) is 0 Å². The predicted octanol–water partition coefficient (Wildman–Crippen LogP) is 1.81. The van der Waals surface area contributed by atoms with E-state index >= 15 is 0 Å². The van der Waals surface area contributed by atoms with Crippen LogP contribution in [0.15, 0.2) is 0 Å². The van der Waals surface area contributed by atoms with Crippen LogP contribution in [0.25, 0.3) is 0 Å². The third kappa shape index (κ3) is 2.94. The molecule has 96 valence electrons. The molecular formula is C12H28N4. The summed E-state index contributed by atoms with van der Waals surface area (Å²) in [6.45, 7) is 15.4. The van der Waals surface area contributed by atoms with Crippen LogP contribution in [0.4, 0.5) is 0 Å². The molecule has 0 unspecified atom stereocenters. The summed E-state index contributed by atoms with van der Waals surface area (Å²) in [5.74, 6) is 0. The van der Waals surface area contributed by atoms with E-state index in [1.54, 1.807) is 0 Å². The molecule has 0 spiro atoms. The molecule has 1 rings (SSSR count). The van der Waals surface area contributed by atoms with Gasteiger partial charge in [-0.3, -0.25) is 0 Å². The minimum Gasteiger partial charge on any atom is -0.228 e. The average Bonchev–Trinajstić information content (AvgIpc) is 2.04. The molecule has 0 atom stereocenters. The standard InChI is InChI=1S/C12H28N4/c1-11(2,3)15-9-14(8)16(10-13(15)7)12(4,5)6/h9-10H2,1-8H3. The van der Waals surface area contributed by atoms with Gasteiger partial charge < -0.3 is 0 Å². The summed E-state index contributed by atoms with van der Waals surface area (Å²) in [7, 11) is 4.33. The van der Waals surface area contributed by atoms with Crippen molar-refractivity contribution in [2.24, 2.45) is 0 Å². The van der Waals surface area contributed by atoms with E-state index in [1.807, 2.05) is 0 Å². The monoisotopic (exact) mass is 228 g/mol. The zero-order chi connectivity index (χ0) is 12.7. The Morgan fingerprint density at radius 1 is 0.625 bits per heavy atom. The molecule has 0 aromatic carbocycles. The summed E-state index contributed by atoms with van der Waals surface area (Å²) in [6.07, 6.45) is 0. The lowest BCUT2D eigenvalue weighted by Gasteiger charge is -2.55. The first-order valence-electron chi connectivity index (χ1n) is 6.01. The average molecular weight is 228 g/mol. The van der Waals surface area contributed by atoms with Gasteiger partial charge in [-0.2, -0.15) is 0 Å². The number of nitrogens with zero attached hydrogens (tertiary/aromatic N) is 4. The molecule has 0 N–H and O–H groups in total. The SMILES string of the molecule is CN1CN(C(C)(C)C)N(C)CN1C(C)(C)C. The van der Waals surface area contributed by atoms with Crippen LogP contribution in [-0.4, -0.2) is 58.5 Å². The van der Waals surface area contributed by atoms with Crippen molar-refractivity contribution in [1.29, 1.82) is 0 Å². The maximum absolute atomic E-state index is 2.40. The molecule has 4 heteroatoms. The third-order valence-corrected chi connectivity index (χ3v) is 3.05. The van der Waals surface area contributed by atoms with E-state index in [0.717, 1.165) is 13.3 Å². The number of hydrazine groups is 2. The van der Waals surface area contributed by atoms with Crippen molar-refractivity contribution >= 4 is 0 Å². The normalized spacial score (nSPS) is 24.0. The maximum atomic E-state index is 2.40. The summed E-state index contributed by atoms with van der Waals surface area (Å²) in [5, 5.41) is 9.42. The van der Waals surface area contributed by atoms with Crippen LogP contribution in [0.5, 0.6) is 0 Å². The summed E-state index contributed by atoms with van der Waals surface area (Å²) in [6, 6.07) is 0. The van der Waals surface area contributed by atoms with Crippen molar-refractivity contribution in [3.63, 3.8) is 0 Å². The first-order chi connectivity index (χ1) is 7.03. The Hall–Kier alpha value is -0.160. The van der Waals surface area contributed by atoms with Crippen molar-refractivity contribution in [2.75, 3.05) is 27.4 Å². The molecule has 0 aromatic heterocycles. The van der Waals surface area contributed by atoms with Gasteiger partial charge in [-0.25, -0.2) is 20.0 Å². The largest absolute Gasteiger partial charge is 0.228 e. The van der Waals surface area contributed by atoms with Gasteiger partial charge in [-0.1, -0.05) is 0 Å². The van der Waals surface area contributed by atoms with Crippen LogP contribution in [0.1, 0.15) is 41.5 Å². The lowest BCUT2D eigenvalue weighted by Crippen LogP contribution is -2.68. The zero-order valence-electron chi connectivity index (χ0n) is 12.2. The molecule has 4 nitrogen and oxygen atoms in total. The van der Waals surface area contributed by atoms with Gasteiger partial charge in [0.05, 0.1) is 13.3 Å². The topological polar surface area (TPSA) is 13.0 Å². The quantitative estimate of drug-likeness (QED) is 0.627. The van der Waals surface area contributed by atoms with Crippen molar-refractivity contribution in [3.05, 3.63) is 0 Å². The Morgan fingerprint density at radius 2 is 0.875 bits per heavy atom. The van der Waals surface area contributed by atoms with Gasteiger partial charge in [0.1, 0.15) is 0 Å². The molecule has 0 bridgehead atoms. The fraction of sp³-hybridized carbons (Fsp3) is 1.00. The highest BCUT2D eigenvalue weighted by molar-refractivity contribution is 4.80. The number of hydrogen-bond acceptors (Lipinski definition) is 4. The van der Waals surface area contributed by atoms with Gasteiger partial charge in [0.25, 0.3) is 0 Å². The molecule has 1 aliphatic rings. The van der Waals surface area contributed by atoms with Gasteiger partial charge in [0.2, 0.25) is 0 Å². The molecule has 0 radical (unpaired) electrons. The van der Waals surface area contributed by atoms with Gasteiger partial charge in [-0.15, -0.1) is 0 Å². The molecule has 0 amide bonds. The smallest absolute Gasteiger partial charge is 0.0790 e. The maximum Gasteiger partial charge on any atom is 0.0790 e. The first-order valence-corrected chi connectivity index (χ1v) is 6.01. The fourth-order valence-corrected chi connectivity index (χ4v) is 2.20. The van der Waals surface area contributed by atoms with E-state index in [0.29, 0.717) is 0 Å². The Kier molecular flexibility index (Phi) is 3.70. The molecule has 1 aliphatic heterocycles. The zero-order valence-corrected chi connectivity index (χ0v) is 12.2. The second-order valence-electron chi connectivity index (χ2n) is 6.74. The van der Waals surface area contributed by atoms with E-state index in [1.165, 1.54) is 0 Å². The highest BCUT2D eigenvalue weighted by atomic mass is 15.8. The molecule has 0 saturated carbocycles. The number of rotatable bonds is 0. The Labute approximate surface area is 101 Å². The van der Waals surface area contributed by atoms with Gasteiger partial charge in [0, 0.05) is 25.2 Å². The van der Waals surface area contributed by atoms with E-state index in [4.69, 9.17) is 0 Å². The summed E-state index contributed by atoms with van der Waals surface area (Å²) in [4.78, 5) is 0. The van der Waals surface area contributed by atoms with Crippen molar-refractivity contribution in [1.82, 2.24) is 20.0 Å². The van der Waals surface area contributed by atoms with Crippen LogP contribution >= 0.6 is 0 Å². The van der Waals surface area contributed by atoms with E-state index in [9.17, 15) is 0 Å². The minimum absolute atomic E-state index is 0.174. The highest BCUT2D eigenvalue weighted by Crippen LogP contribution is 2.25. The van der Waals surface area contributed by atoms with E-state index in [-0.39, 0.29) is 11.1 Å². The molecule has 0 aliphatic carbocycles. The van der Waals surface area contributed by atoms with E-state index < -0.39 is 0 Å². The van der Waals surface area contributed by atoms with Crippen LogP contribution < -0.4 is 0 Å². The molecule has 1 saturated heterocycles. The third-order valence-electron chi connectivity index (χ3n) is 3.05. The molecule has 1 heterocycles. The second kappa shape index (κ2) is 4.26. The Bertz CT molecular complexity index is 212. The molecular weight excluding hydrogens is 200 g/mol. The lowest BCUT2D eigenvalue weighted by atomic mass is 10.1. The van der Waals surface area contributed by atoms with Crippen molar-refractivity contribution in [3.8, 4) is 0 Å². The van der Waals surface area contributed by atoms with Gasteiger partial charge in [0.15, 0.2) is 0 Å². The van der Waals surface area contributed by atoms with Crippen molar-refractivity contribution in [2.45, 2.75) is 52.6 Å². The van der Waals surface area contributed by atoms with E-state index in [2.05, 4.69) is 75.7 Å². The summed E-state index contributed by atoms with van der Waals surface area (Å²) >= 11 is 0. The summed E-state index contributed by atoms with van der Waals surface area (Å²) in [5.41, 5.74) is 0.347. The molecule has 16 heavy (non-hydrogen) atoms. The Morgan fingerprint density at radius 3 is 1.06 bits per heavy atom. The van der Waals surface area contributed by atoms with Crippen LogP contribution in [-0.2, 0) is 0 Å². The lowest BCUT2D eigenvalue weighted by molar-refractivity contribution is -0.256. The molecule has 1 fully saturated rings. The fourth-order valence-electron chi connectivity index (χ4n) is 2.20. The minimum atomic E-state index is 0.174. The first kappa shape index (κ1) is 13.9. The predicted molar refractivity (Wildman–Crippen MR) is 68.4 cm³/mol. The van der Waals surface area contributed by atoms with Crippen molar-refractivity contribution < 1.29 is 0 Å². The van der Waals surface area contributed by atoms with Gasteiger partial charge >= 0.3 is 0 Å². The second-order valence-corrected chi connectivity index (χ2v) is 6.74.